The number of benzene rings is 1. The summed E-state index contributed by atoms with van der Waals surface area (Å²) in [5.74, 6) is 1.38. The van der Waals surface area contributed by atoms with Gasteiger partial charge in [-0.25, -0.2) is 15.0 Å². The SMILES string of the molecule is C=N/C=N\C(NC1=CC(NC(=O)c2cc(C(C)(C)C)ccc2OC)=CCC=C1C)=C1/CC=NC(N(C)C)=N1. The number of rotatable bonds is 7. The van der Waals surface area contributed by atoms with Gasteiger partial charge in [0, 0.05) is 38.1 Å². The molecule has 1 aliphatic carbocycles. The number of methoxy groups -OCH3 is 1. The zero-order valence-corrected chi connectivity index (χ0v) is 23.3. The lowest BCUT2D eigenvalue weighted by molar-refractivity contribution is 0.0964. The standard InChI is InChI=1S/C29H37N7O2/c1-19-10-9-11-21(33-27(37)22-16-20(29(2,3)4)12-13-25(22)38-8)17-24(19)34-26(32-18-30-5)23-14-15-31-28(35-23)36(6)7/h10-13,15-18,34H,5,9,14H2,1-4,6-8H3,(H,33,37)/b26-23-,32-18-. The van der Waals surface area contributed by atoms with E-state index in [1.165, 1.54) is 6.34 Å². The van der Waals surface area contributed by atoms with Crippen LogP contribution in [-0.2, 0) is 5.41 Å². The second-order valence-electron chi connectivity index (χ2n) is 10.1. The predicted molar refractivity (Wildman–Crippen MR) is 156 cm³/mol. The van der Waals surface area contributed by atoms with Crippen molar-refractivity contribution in [3.8, 4) is 5.75 Å². The lowest BCUT2D eigenvalue weighted by atomic mass is 9.86. The van der Waals surface area contributed by atoms with Gasteiger partial charge in [0.1, 0.15) is 12.1 Å². The van der Waals surface area contributed by atoms with Crippen molar-refractivity contribution in [1.82, 2.24) is 15.5 Å². The number of amides is 1. The average Bonchev–Trinajstić information content (AvgIpc) is 3.05. The molecule has 3 rings (SSSR count). The van der Waals surface area contributed by atoms with Crippen LogP contribution in [0.15, 0.2) is 84.9 Å². The maximum Gasteiger partial charge on any atom is 0.259 e. The van der Waals surface area contributed by atoms with E-state index in [-0.39, 0.29) is 11.3 Å². The number of aliphatic imine (C=N–C) groups is 4. The van der Waals surface area contributed by atoms with Gasteiger partial charge in [0.2, 0.25) is 5.96 Å². The van der Waals surface area contributed by atoms with E-state index in [1.807, 2.05) is 56.3 Å². The van der Waals surface area contributed by atoms with E-state index < -0.39 is 0 Å². The molecule has 1 aromatic rings. The van der Waals surface area contributed by atoms with Crippen molar-refractivity contribution in [2.24, 2.45) is 20.0 Å². The lowest BCUT2D eigenvalue weighted by Gasteiger charge is -2.21. The van der Waals surface area contributed by atoms with E-state index in [0.29, 0.717) is 47.3 Å². The maximum atomic E-state index is 13.4. The molecule has 1 aromatic carbocycles. The molecule has 1 aliphatic heterocycles. The Morgan fingerprint density at radius 2 is 1.97 bits per heavy atom. The van der Waals surface area contributed by atoms with Gasteiger partial charge >= 0.3 is 0 Å². The summed E-state index contributed by atoms with van der Waals surface area (Å²) < 4.78 is 5.49. The summed E-state index contributed by atoms with van der Waals surface area (Å²) in [6, 6.07) is 5.72. The molecule has 0 bridgehead atoms. The van der Waals surface area contributed by atoms with Gasteiger partial charge in [-0.2, -0.15) is 0 Å². The van der Waals surface area contributed by atoms with E-state index in [9.17, 15) is 4.79 Å². The molecule has 0 atom stereocenters. The van der Waals surface area contributed by atoms with Crippen molar-refractivity contribution in [2.45, 2.75) is 46.0 Å². The Bertz CT molecular complexity index is 1300. The average molecular weight is 516 g/mol. The Morgan fingerprint density at radius 3 is 2.63 bits per heavy atom. The Kier molecular flexibility index (Phi) is 9.17. The van der Waals surface area contributed by atoms with Crippen LogP contribution in [0.3, 0.4) is 0 Å². The van der Waals surface area contributed by atoms with Crippen LogP contribution in [0.2, 0.25) is 0 Å². The molecule has 0 radical (unpaired) electrons. The highest BCUT2D eigenvalue weighted by atomic mass is 16.5. The van der Waals surface area contributed by atoms with Gasteiger partial charge < -0.3 is 20.3 Å². The summed E-state index contributed by atoms with van der Waals surface area (Å²) in [7, 11) is 5.33. The number of carbonyl (C=O) groups is 1. The number of carbonyl (C=O) groups excluding carboxylic acids is 1. The second kappa shape index (κ2) is 12.3. The number of nitrogens with one attached hydrogen (secondary N) is 2. The highest BCUT2D eigenvalue weighted by Crippen LogP contribution is 2.28. The molecule has 0 saturated heterocycles. The molecule has 0 spiro atoms. The molecule has 2 aliphatic rings. The van der Waals surface area contributed by atoms with Gasteiger partial charge in [0.15, 0.2) is 5.82 Å². The Hall–Kier alpha value is -4.27. The minimum atomic E-state index is -0.245. The molecule has 2 N–H and O–H groups in total. The first kappa shape index (κ1) is 28.3. The zero-order chi connectivity index (χ0) is 27.9. The molecule has 0 unspecified atom stereocenters. The Labute approximate surface area is 225 Å². The van der Waals surface area contributed by atoms with E-state index in [2.05, 4.69) is 64.2 Å². The van der Waals surface area contributed by atoms with Crippen LogP contribution in [0.5, 0.6) is 5.75 Å². The summed E-state index contributed by atoms with van der Waals surface area (Å²) in [6.07, 6.45) is 10.3. The Balaban J connectivity index is 1.94. The van der Waals surface area contributed by atoms with Crippen LogP contribution in [0, 0.1) is 0 Å². The molecule has 0 saturated carbocycles. The lowest BCUT2D eigenvalue weighted by Crippen LogP contribution is -2.25. The van der Waals surface area contributed by atoms with E-state index >= 15 is 0 Å². The highest BCUT2D eigenvalue weighted by Gasteiger charge is 2.20. The summed E-state index contributed by atoms with van der Waals surface area (Å²) >= 11 is 0. The van der Waals surface area contributed by atoms with Crippen LogP contribution in [-0.4, -0.2) is 57.2 Å². The fourth-order valence-corrected chi connectivity index (χ4v) is 3.75. The van der Waals surface area contributed by atoms with Crippen molar-refractivity contribution in [3.05, 3.63) is 76.0 Å². The summed E-state index contributed by atoms with van der Waals surface area (Å²) in [5.41, 5.74) is 4.56. The summed E-state index contributed by atoms with van der Waals surface area (Å²) in [4.78, 5) is 32.4. The van der Waals surface area contributed by atoms with Gasteiger partial charge in [0.05, 0.1) is 18.4 Å². The number of hydrogen-bond acceptors (Lipinski definition) is 7. The quantitative estimate of drug-likeness (QED) is 0.405. The third kappa shape index (κ3) is 7.15. The smallest absolute Gasteiger partial charge is 0.259 e. The molecule has 200 valence electrons. The molecule has 9 heteroatoms. The van der Waals surface area contributed by atoms with Crippen molar-refractivity contribution in [1.29, 1.82) is 0 Å². The van der Waals surface area contributed by atoms with Gasteiger partial charge in [-0.3, -0.25) is 9.79 Å². The first-order valence-electron chi connectivity index (χ1n) is 12.4. The number of guanidine groups is 1. The van der Waals surface area contributed by atoms with Crippen LogP contribution >= 0.6 is 0 Å². The third-order valence-corrected chi connectivity index (χ3v) is 5.98. The topological polar surface area (TPSA) is 103 Å². The van der Waals surface area contributed by atoms with E-state index in [1.54, 1.807) is 13.3 Å². The van der Waals surface area contributed by atoms with Crippen molar-refractivity contribution in [3.63, 3.8) is 0 Å². The molecule has 1 heterocycles. The maximum absolute atomic E-state index is 13.4. The molecule has 38 heavy (non-hydrogen) atoms. The number of nitrogens with zero attached hydrogens (tertiary/aromatic N) is 5. The van der Waals surface area contributed by atoms with Gasteiger partial charge in [-0.1, -0.05) is 39.0 Å². The first-order valence-corrected chi connectivity index (χ1v) is 12.4. The highest BCUT2D eigenvalue weighted by molar-refractivity contribution is 5.98. The van der Waals surface area contributed by atoms with E-state index in [4.69, 9.17) is 4.74 Å². The first-order chi connectivity index (χ1) is 18.0. The minimum absolute atomic E-state index is 0.107. The molecular weight excluding hydrogens is 478 g/mol. The van der Waals surface area contributed by atoms with Crippen LogP contribution in [0.1, 0.15) is 56.5 Å². The van der Waals surface area contributed by atoms with E-state index in [0.717, 1.165) is 16.8 Å². The molecule has 0 fully saturated rings. The molecule has 1 amide bonds. The fourth-order valence-electron chi connectivity index (χ4n) is 3.75. The summed E-state index contributed by atoms with van der Waals surface area (Å²) in [6.45, 7) is 11.8. The second-order valence-corrected chi connectivity index (χ2v) is 10.1. The molecular formula is C29H37N7O2. The minimum Gasteiger partial charge on any atom is -0.496 e. The van der Waals surface area contributed by atoms with Crippen LogP contribution in [0.25, 0.3) is 0 Å². The molecule has 0 aromatic heterocycles. The van der Waals surface area contributed by atoms with Gasteiger partial charge in [-0.15, -0.1) is 0 Å². The van der Waals surface area contributed by atoms with Crippen molar-refractivity contribution < 1.29 is 9.53 Å². The Morgan fingerprint density at radius 1 is 1.21 bits per heavy atom. The number of allylic oxidation sites excluding steroid dienone is 5. The third-order valence-electron chi connectivity index (χ3n) is 5.98. The monoisotopic (exact) mass is 515 g/mol. The predicted octanol–water partition coefficient (Wildman–Crippen LogP) is 4.72. The fraction of sp³-hybridized carbons (Fsp3) is 0.345. The number of hydrogen-bond donors (Lipinski definition) is 2. The number of ether oxygens (including phenoxy) is 1. The van der Waals surface area contributed by atoms with Crippen LogP contribution < -0.4 is 15.4 Å². The van der Waals surface area contributed by atoms with Crippen LogP contribution in [0.4, 0.5) is 0 Å². The van der Waals surface area contributed by atoms with Crippen molar-refractivity contribution >= 4 is 31.1 Å². The van der Waals surface area contributed by atoms with Gasteiger partial charge in [0.25, 0.3) is 5.91 Å². The van der Waals surface area contributed by atoms with Gasteiger partial charge in [-0.05, 0) is 54.8 Å². The van der Waals surface area contributed by atoms with Crippen molar-refractivity contribution in [2.75, 3.05) is 21.2 Å². The molecule has 9 nitrogen and oxygen atoms in total. The summed E-state index contributed by atoms with van der Waals surface area (Å²) in [5, 5.41) is 6.44. The largest absolute Gasteiger partial charge is 0.496 e. The normalized spacial score (nSPS) is 17.0. The zero-order valence-electron chi connectivity index (χ0n) is 23.3.